The van der Waals surface area contributed by atoms with Gasteiger partial charge < -0.3 is 9.80 Å². The van der Waals surface area contributed by atoms with Gasteiger partial charge in [0.25, 0.3) is 11.4 Å². The number of nitrogens with zero attached hydrogens (tertiary/aromatic N) is 2. The van der Waals surface area contributed by atoms with Gasteiger partial charge in [0.2, 0.25) is 0 Å². The fourth-order valence-corrected chi connectivity index (χ4v) is 1.10. The highest BCUT2D eigenvalue weighted by molar-refractivity contribution is 7.73. The Morgan fingerprint density at radius 3 is 2.36 bits per heavy atom. The van der Waals surface area contributed by atoms with Gasteiger partial charge in [0.15, 0.2) is 0 Å². The minimum atomic E-state index is -2.61. The van der Waals surface area contributed by atoms with Crippen molar-refractivity contribution in [3.8, 4) is 0 Å². The molecule has 1 aliphatic rings. The van der Waals surface area contributed by atoms with Crippen LogP contribution in [-0.4, -0.2) is 43.4 Å². The van der Waals surface area contributed by atoms with Crippen LogP contribution >= 0.6 is 0 Å². The first-order chi connectivity index (χ1) is 6.56. The van der Waals surface area contributed by atoms with Crippen LogP contribution in [0.4, 0.5) is 0 Å². The first-order valence-corrected chi connectivity index (χ1v) is 5.55. The Hall–Kier alpha value is -0.590. The molecule has 0 saturated carbocycles. The topological polar surface area (TPSA) is 64.0 Å². The Balaban J connectivity index is 0.000000364. The van der Waals surface area contributed by atoms with Crippen LogP contribution in [0.3, 0.4) is 0 Å². The van der Waals surface area contributed by atoms with Crippen LogP contribution < -0.4 is 0 Å². The lowest BCUT2D eigenvalue weighted by atomic mass is 10.3. The zero-order valence-corrected chi connectivity index (χ0v) is 9.40. The van der Waals surface area contributed by atoms with Crippen LogP contribution in [0.25, 0.3) is 0 Å². The van der Waals surface area contributed by atoms with Crippen molar-refractivity contribution in [2.75, 3.05) is 20.3 Å². The lowest BCUT2D eigenvalue weighted by molar-refractivity contribution is 0.293. The predicted octanol–water partition coefficient (Wildman–Crippen LogP) is 1.14. The summed E-state index contributed by atoms with van der Waals surface area (Å²) in [7, 11) is 2.10. The fourth-order valence-electron chi connectivity index (χ4n) is 1.10. The van der Waals surface area contributed by atoms with Crippen molar-refractivity contribution in [2.45, 2.75) is 19.8 Å². The van der Waals surface area contributed by atoms with Crippen molar-refractivity contribution in [2.24, 2.45) is 0 Å². The number of hydrogen-bond donors (Lipinski definition) is 2. The molecule has 5 nitrogen and oxygen atoms in total. The highest BCUT2D eigenvalue weighted by atomic mass is 32.2. The lowest BCUT2D eigenvalue weighted by Gasteiger charge is -2.17. The fraction of sp³-hybridized carbons (Fsp3) is 0.750. The molecule has 0 aliphatic carbocycles. The molecule has 0 fully saturated rings. The van der Waals surface area contributed by atoms with E-state index in [2.05, 4.69) is 36.2 Å². The number of rotatable bonds is 3. The van der Waals surface area contributed by atoms with E-state index in [9.17, 15) is 0 Å². The van der Waals surface area contributed by atoms with E-state index in [-0.39, 0.29) is 0 Å². The second-order valence-electron chi connectivity index (χ2n) is 3.09. The number of hydrogen-bond acceptors (Lipinski definition) is 3. The number of unbranched alkanes of at least 4 members (excludes halogenated alkanes) is 1. The highest BCUT2D eigenvalue weighted by Crippen LogP contribution is 2.04. The van der Waals surface area contributed by atoms with Crippen molar-refractivity contribution in [3.63, 3.8) is 0 Å². The Morgan fingerprint density at radius 2 is 2.00 bits per heavy atom. The highest BCUT2D eigenvalue weighted by Gasteiger charge is 2.05. The zero-order valence-electron chi connectivity index (χ0n) is 8.59. The van der Waals surface area contributed by atoms with Crippen molar-refractivity contribution < 1.29 is 13.3 Å². The maximum Gasteiger partial charge on any atom is 0.299 e. The molecule has 0 aromatic heterocycles. The van der Waals surface area contributed by atoms with E-state index < -0.39 is 11.4 Å². The van der Waals surface area contributed by atoms with E-state index >= 15 is 0 Å². The molecular weight excluding hydrogens is 204 g/mol. The Morgan fingerprint density at radius 1 is 1.43 bits per heavy atom. The van der Waals surface area contributed by atoms with Crippen molar-refractivity contribution in [1.29, 1.82) is 0 Å². The van der Waals surface area contributed by atoms with Crippen LogP contribution in [0.1, 0.15) is 19.8 Å². The summed E-state index contributed by atoms with van der Waals surface area (Å²) in [5.41, 5.74) is 0. The summed E-state index contributed by atoms with van der Waals surface area (Å²) in [6, 6.07) is 0. The lowest BCUT2D eigenvalue weighted by Crippen LogP contribution is -2.23. The minimum Gasteiger partial charge on any atom is -0.362 e. The Kier molecular flexibility index (Phi) is 7.45. The van der Waals surface area contributed by atoms with Crippen LogP contribution in [0.15, 0.2) is 12.4 Å². The molecule has 1 aliphatic heterocycles. The Bertz CT molecular complexity index is 195. The molecule has 0 radical (unpaired) electrons. The van der Waals surface area contributed by atoms with Gasteiger partial charge in [0, 0.05) is 26.0 Å². The van der Waals surface area contributed by atoms with Crippen LogP contribution in [0, 0.1) is 0 Å². The normalized spacial score (nSPS) is 14.6. The minimum absolute atomic E-state index is 1.07. The van der Waals surface area contributed by atoms with Crippen molar-refractivity contribution >= 4 is 11.4 Å². The maximum atomic E-state index is 8.67. The third-order valence-corrected chi connectivity index (χ3v) is 1.74. The van der Waals surface area contributed by atoms with E-state index in [1.807, 2.05) is 0 Å². The summed E-state index contributed by atoms with van der Waals surface area (Å²) in [5.74, 6) is 0. The molecule has 0 atom stereocenters. The standard InChI is InChI=1S/C8H16N2.H2O3S/c1-3-4-5-10-7-6-9(2)8-10;1-4(2)3/h6-7H,3-5,8H2,1-2H3;(H2,1,2,3). The van der Waals surface area contributed by atoms with E-state index in [0.29, 0.717) is 0 Å². The van der Waals surface area contributed by atoms with Crippen LogP contribution in [0.5, 0.6) is 0 Å². The molecular formula is C8H18N2O3S. The third kappa shape index (κ3) is 8.03. The van der Waals surface area contributed by atoms with Crippen molar-refractivity contribution in [1.82, 2.24) is 9.80 Å². The largest absolute Gasteiger partial charge is 0.362 e. The van der Waals surface area contributed by atoms with E-state index in [4.69, 9.17) is 13.3 Å². The van der Waals surface area contributed by atoms with E-state index in [1.54, 1.807) is 0 Å². The SMILES string of the molecule is CCCCN1C=CN(C)C1.O=S(O)O. The summed E-state index contributed by atoms with van der Waals surface area (Å²) in [5, 5.41) is 0. The molecule has 1 heterocycles. The molecule has 2 N–H and O–H groups in total. The zero-order chi connectivity index (χ0) is 11.0. The van der Waals surface area contributed by atoms with Gasteiger partial charge >= 0.3 is 0 Å². The van der Waals surface area contributed by atoms with Crippen LogP contribution in [0.2, 0.25) is 0 Å². The average molecular weight is 222 g/mol. The molecule has 0 aromatic carbocycles. The van der Waals surface area contributed by atoms with Gasteiger partial charge in [-0.15, -0.1) is 0 Å². The third-order valence-electron chi connectivity index (χ3n) is 1.74. The molecule has 0 bridgehead atoms. The van der Waals surface area contributed by atoms with Gasteiger partial charge in [-0.2, -0.15) is 4.21 Å². The summed E-state index contributed by atoms with van der Waals surface area (Å²) in [4.78, 5) is 4.53. The average Bonchev–Trinajstić information content (AvgIpc) is 2.47. The molecule has 0 amide bonds. The molecule has 14 heavy (non-hydrogen) atoms. The second-order valence-corrected chi connectivity index (χ2v) is 3.55. The van der Waals surface area contributed by atoms with Gasteiger partial charge in [-0.05, 0) is 6.42 Å². The van der Waals surface area contributed by atoms with Gasteiger partial charge in [-0.1, -0.05) is 13.3 Å². The molecule has 0 aromatic rings. The van der Waals surface area contributed by atoms with Crippen LogP contribution in [-0.2, 0) is 11.4 Å². The van der Waals surface area contributed by atoms with Gasteiger partial charge in [0.05, 0.1) is 6.67 Å². The van der Waals surface area contributed by atoms with E-state index in [0.717, 1.165) is 6.67 Å². The molecule has 6 heteroatoms. The van der Waals surface area contributed by atoms with Gasteiger partial charge in [-0.25, -0.2) is 0 Å². The van der Waals surface area contributed by atoms with Crippen molar-refractivity contribution in [3.05, 3.63) is 12.4 Å². The molecule has 84 valence electrons. The van der Waals surface area contributed by atoms with E-state index in [1.165, 1.54) is 19.4 Å². The quantitative estimate of drug-likeness (QED) is 0.701. The summed E-state index contributed by atoms with van der Waals surface area (Å²) < 4.78 is 22.8. The maximum absolute atomic E-state index is 8.67. The first kappa shape index (κ1) is 13.4. The second kappa shape index (κ2) is 7.78. The summed E-state index contributed by atoms with van der Waals surface area (Å²) in [6.07, 6.45) is 6.87. The smallest absolute Gasteiger partial charge is 0.299 e. The Labute approximate surface area is 87.5 Å². The summed E-state index contributed by atoms with van der Waals surface area (Å²) in [6.45, 7) is 4.50. The molecule has 0 unspecified atom stereocenters. The molecule has 0 spiro atoms. The summed E-state index contributed by atoms with van der Waals surface area (Å²) >= 11 is -2.61. The monoisotopic (exact) mass is 222 g/mol. The molecule has 1 rings (SSSR count). The predicted molar refractivity (Wildman–Crippen MR) is 56.8 cm³/mol. The van der Waals surface area contributed by atoms with Gasteiger partial charge in [0.1, 0.15) is 0 Å². The first-order valence-electron chi connectivity index (χ1n) is 4.48. The molecule has 0 saturated heterocycles. The van der Waals surface area contributed by atoms with Gasteiger partial charge in [-0.3, -0.25) is 9.11 Å².